The molecule has 0 saturated carbocycles. The lowest BCUT2D eigenvalue weighted by atomic mass is 10.3. The maximum absolute atomic E-state index is 11.4. The van der Waals surface area contributed by atoms with E-state index in [0.29, 0.717) is 5.69 Å². The standard InChI is InChI=1S/C12H11N3O2S/c1-17-12(16)10-6-8(2-5-15-10)18-11-3-4-14-7-9(11)13/h2-7H,13H2,1H3. The van der Waals surface area contributed by atoms with Gasteiger partial charge in [-0.15, -0.1) is 0 Å². The third-order valence-electron chi connectivity index (χ3n) is 2.16. The Kier molecular flexibility index (Phi) is 3.78. The lowest BCUT2D eigenvalue weighted by Gasteiger charge is -2.05. The number of aromatic nitrogens is 2. The Hall–Kier alpha value is -2.08. The molecule has 0 aliphatic carbocycles. The summed E-state index contributed by atoms with van der Waals surface area (Å²) in [6.45, 7) is 0. The number of rotatable bonds is 3. The van der Waals surface area contributed by atoms with Crippen molar-refractivity contribution in [1.29, 1.82) is 0 Å². The van der Waals surface area contributed by atoms with Gasteiger partial charge in [0.2, 0.25) is 0 Å². The summed E-state index contributed by atoms with van der Waals surface area (Å²) in [4.78, 5) is 21.0. The number of carbonyl (C=O) groups is 1. The van der Waals surface area contributed by atoms with E-state index < -0.39 is 5.97 Å². The van der Waals surface area contributed by atoms with Gasteiger partial charge in [0.05, 0.1) is 19.0 Å². The van der Waals surface area contributed by atoms with Crippen LogP contribution in [0.5, 0.6) is 0 Å². The molecule has 0 fully saturated rings. The lowest BCUT2D eigenvalue weighted by Crippen LogP contribution is -2.03. The maximum atomic E-state index is 11.4. The Morgan fingerprint density at radius 1 is 1.39 bits per heavy atom. The molecule has 92 valence electrons. The Bertz CT molecular complexity index is 575. The fourth-order valence-electron chi connectivity index (χ4n) is 1.30. The van der Waals surface area contributed by atoms with Crippen LogP contribution in [0.3, 0.4) is 0 Å². The Morgan fingerprint density at radius 2 is 2.22 bits per heavy atom. The molecule has 0 bridgehead atoms. The summed E-state index contributed by atoms with van der Waals surface area (Å²) in [5, 5.41) is 0. The van der Waals surface area contributed by atoms with Gasteiger partial charge in [-0.25, -0.2) is 9.78 Å². The van der Waals surface area contributed by atoms with Gasteiger partial charge in [0.25, 0.3) is 0 Å². The van der Waals surface area contributed by atoms with Crippen LogP contribution < -0.4 is 5.73 Å². The molecule has 2 heterocycles. The first kappa shape index (κ1) is 12.4. The number of esters is 1. The van der Waals surface area contributed by atoms with E-state index in [2.05, 4.69) is 14.7 Å². The normalized spacial score (nSPS) is 10.1. The highest BCUT2D eigenvalue weighted by atomic mass is 32.2. The number of nitrogens with two attached hydrogens (primary N) is 1. The minimum absolute atomic E-state index is 0.273. The molecular weight excluding hydrogens is 250 g/mol. The molecule has 5 nitrogen and oxygen atoms in total. The van der Waals surface area contributed by atoms with Crippen LogP contribution in [0.25, 0.3) is 0 Å². The summed E-state index contributed by atoms with van der Waals surface area (Å²) in [5.74, 6) is -0.458. The fraction of sp³-hybridized carbons (Fsp3) is 0.0833. The van der Waals surface area contributed by atoms with E-state index in [1.165, 1.54) is 18.9 Å². The van der Waals surface area contributed by atoms with Crippen molar-refractivity contribution in [2.75, 3.05) is 12.8 Å². The molecule has 0 amide bonds. The number of pyridine rings is 2. The highest BCUT2D eigenvalue weighted by Crippen LogP contribution is 2.31. The average molecular weight is 261 g/mol. The van der Waals surface area contributed by atoms with Crippen LogP contribution in [-0.2, 0) is 4.74 Å². The van der Waals surface area contributed by atoms with Crippen molar-refractivity contribution in [3.63, 3.8) is 0 Å². The van der Waals surface area contributed by atoms with E-state index in [1.807, 2.05) is 6.07 Å². The summed E-state index contributed by atoms with van der Waals surface area (Å²) in [6, 6.07) is 5.28. The van der Waals surface area contributed by atoms with Gasteiger partial charge < -0.3 is 10.5 Å². The monoisotopic (exact) mass is 261 g/mol. The molecule has 0 radical (unpaired) electrons. The molecule has 0 aliphatic heterocycles. The number of nitrogen functional groups attached to an aromatic ring is 1. The third kappa shape index (κ3) is 2.78. The quantitative estimate of drug-likeness (QED) is 0.851. The van der Waals surface area contributed by atoms with Crippen LogP contribution in [0.15, 0.2) is 46.6 Å². The van der Waals surface area contributed by atoms with Gasteiger partial charge in [-0.2, -0.15) is 0 Å². The first-order valence-corrected chi connectivity index (χ1v) is 5.94. The zero-order valence-electron chi connectivity index (χ0n) is 9.66. The van der Waals surface area contributed by atoms with Crippen LogP contribution in [0.4, 0.5) is 5.69 Å². The number of anilines is 1. The molecule has 2 rings (SSSR count). The predicted molar refractivity (Wildman–Crippen MR) is 68.3 cm³/mol. The molecule has 2 aromatic heterocycles. The minimum Gasteiger partial charge on any atom is -0.464 e. The largest absolute Gasteiger partial charge is 0.464 e. The summed E-state index contributed by atoms with van der Waals surface area (Å²) in [5.41, 5.74) is 6.67. The lowest BCUT2D eigenvalue weighted by molar-refractivity contribution is 0.0593. The molecule has 0 saturated heterocycles. The number of nitrogens with zero attached hydrogens (tertiary/aromatic N) is 2. The maximum Gasteiger partial charge on any atom is 0.356 e. The van der Waals surface area contributed by atoms with Gasteiger partial charge in [-0.05, 0) is 18.2 Å². The van der Waals surface area contributed by atoms with E-state index in [1.54, 1.807) is 30.7 Å². The van der Waals surface area contributed by atoms with E-state index in [0.717, 1.165) is 9.79 Å². The number of ether oxygens (including phenoxy) is 1. The van der Waals surface area contributed by atoms with Crippen LogP contribution >= 0.6 is 11.8 Å². The van der Waals surface area contributed by atoms with Crippen molar-refractivity contribution >= 4 is 23.4 Å². The van der Waals surface area contributed by atoms with Crippen molar-refractivity contribution in [1.82, 2.24) is 9.97 Å². The second-order valence-corrected chi connectivity index (χ2v) is 4.50. The van der Waals surface area contributed by atoms with Crippen LogP contribution in [-0.4, -0.2) is 23.0 Å². The topological polar surface area (TPSA) is 78.1 Å². The highest BCUT2D eigenvalue weighted by molar-refractivity contribution is 7.99. The van der Waals surface area contributed by atoms with Crippen molar-refractivity contribution in [3.8, 4) is 0 Å². The Morgan fingerprint density at radius 3 is 2.94 bits per heavy atom. The third-order valence-corrected chi connectivity index (χ3v) is 3.25. The smallest absolute Gasteiger partial charge is 0.356 e. The van der Waals surface area contributed by atoms with E-state index in [-0.39, 0.29) is 5.69 Å². The molecule has 2 N–H and O–H groups in total. The molecular formula is C12H11N3O2S. The zero-order valence-corrected chi connectivity index (χ0v) is 10.5. The first-order chi connectivity index (χ1) is 8.70. The van der Waals surface area contributed by atoms with E-state index in [4.69, 9.17) is 5.73 Å². The van der Waals surface area contributed by atoms with Crippen molar-refractivity contribution < 1.29 is 9.53 Å². The van der Waals surface area contributed by atoms with Crippen LogP contribution in [0.1, 0.15) is 10.5 Å². The van der Waals surface area contributed by atoms with Crippen molar-refractivity contribution in [3.05, 3.63) is 42.5 Å². The highest BCUT2D eigenvalue weighted by Gasteiger charge is 2.09. The molecule has 0 spiro atoms. The Labute approximate surface area is 108 Å². The molecule has 0 atom stereocenters. The second-order valence-electron chi connectivity index (χ2n) is 3.38. The summed E-state index contributed by atoms with van der Waals surface area (Å²) < 4.78 is 4.62. The number of hydrogen-bond donors (Lipinski definition) is 1. The van der Waals surface area contributed by atoms with Gasteiger partial charge in [0.15, 0.2) is 0 Å². The number of hydrogen-bond acceptors (Lipinski definition) is 6. The van der Waals surface area contributed by atoms with Crippen molar-refractivity contribution in [2.24, 2.45) is 0 Å². The molecule has 0 aromatic carbocycles. The van der Waals surface area contributed by atoms with Gasteiger partial charge >= 0.3 is 5.97 Å². The summed E-state index contributed by atoms with van der Waals surface area (Å²) in [7, 11) is 1.32. The number of methoxy groups -OCH3 is 1. The molecule has 6 heteroatoms. The second kappa shape index (κ2) is 5.50. The molecule has 0 aliphatic rings. The first-order valence-electron chi connectivity index (χ1n) is 5.12. The summed E-state index contributed by atoms with van der Waals surface area (Å²) in [6.07, 6.45) is 4.82. The van der Waals surface area contributed by atoms with Crippen molar-refractivity contribution in [2.45, 2.75) is 9.79 Å². The van der Waals surface area contributed by atoms with Gasteiger partial charge in [0.1, 0.15) is 5.69 Å². The summed E-state index contributed by atoms with van der Waals surface area (Å²) >= 11 is 1.44. The van der Waals surface area contributed by atoms with E-state index in [9.17, 15) is 4.79 Å². The fourth-order valence-corrected chi connectivity index (χ4v) is 2.16. The van der Waals surface area contributed by atoms with Crippen LogP contribution in [0, 0.1) is 0 Å². The average Bonchev–Trinajstić information content (AvgIpc) is 2.41. The van der Waals surface area contributed by atoms with Gasteiger partial charge in [-0.1, -0.05) is 11.8 Å². The molecule has 0 unspecified atom stereocenters. The van der Waals surface area contributed by atoms with Crippen LogP contribution in [0.2, 0.25) is 0 Å². The zero-order chi connectivity index (χ0) is 13.0. The predicted octanol–water partition coefficient (Wildman–Crippen LogP) is 2.00. The van der Waals surface area contributed by atoms with Gasteiger partial charge in [-0.3, -0.25) is 4.98 Å². The Balaban J connectivity index is 2.25. The minimum atomic E-state index is -0.458. The number of carbonyl (C=O) groups excluding carboxylic acids is 1. The van der Waals surface area contributed by atoms with Gasteiger partial charge in [0, 0.05) is 22.2 Å². The molecule has 2 aromatic rings. The molecule has 18 heavy (non-hydrogen) atoms. The van der Waals surface area contributed by atoms with E-state index >= 15 is 0 Å². The SMILES string of the molecule is COC(=O)c1cc(Sc2ccncc2N)ccn1.